The fourth-order valence-corrected chi connectivity index (χ4v) is 7.64. The molecule has 0 spiro atoms. The van der Waals surface area contributed by atoms with E-state index >= 15 is 0 Å². The lowest BCUT2D eigenvalue weighted by molar-refractivity contribution is -0.138. The Balaban J connectivity index is 1.96. The van der Waals surface area contributed by atoms with Gasteiger partial charge in [0.25, 0.3) is 5.91 Å². The Bertz CT molecular complexity index is 1310. The monoisotopic (exact) mass is 545 g/mol. The third kappa shape index (κ3) is 4.26. The van der Waals surface area contributed by atoms with E-state index in [1.807, 2.05) is 51.3 Å². The van der Waals surface area contributed by atoms with Crippen LogP contribution < -0.4 is 4.90 Å². The fraction of sp³-hybridized carbons (Fsp3) is 0.280. The molecule has 6 nitrogen and oxygen atoms in total. The molecule has 0 atom stereocenters. The smallest absolute Gasteiger partial charge is 0.346 e. The van der Waals surface area contributed by atoms with Gasteiger partial charge in [0.15, 0.2) is 0 Å². The van der Waals surface area contributed by atoms with E-state index in [9.17, 15) is 14.4 Å². The van der Waals surface area contributed by atoms with Crippen LogP contribution in [0.4, 0.5) is 5.69 Å². The molecule has 2 aliphatic heterocycles. The zero-order valence-corrected chi connectivity index (χ0v) is 23.3. The van der Waals surface area contributed by atoms with Crippen LogP contribution in [0.15, 0.2) is 43.7 Å². The Morgan fingerprint density at radius 3 is 2.06 bits per heavy atom. The highest BCUT2D eigenvalue weighted by atomic mass is 32.2. The Labute approximate surface area is 221 Å². The van der Waals surface area contributed by atoms with Gasteiger partial charge in [-0.1, -0.05) is 41.8 Å². The summed E-state index contributed by atoms with van der Waals surface area (Å²) >= 11 is 9.69. The number of anilines is 1. The number of thiophene rings is 1. The molecule has 0 saturated carbocycles. The van der Waals surface area contributed by atoms with Crippen molar-refractivity contribution < 1.29 is 23.9 Å². The number of aryl methyl sites for hydroxylation is 2. The number of amides is 1. The maximum absolute atomic E-state index is 13.7. The lowest BCUT2D eigenvalue weighted by Crippen LogP contribution is -2.55. The lowest BCUT2D eigenvalue weighted by atomic mass is 9.82. The molecule has 2 aromatic rings. The summed E-state index contributed by atoms with van der Waals surface area (Å²) in [6.45, 7) is 7.83. The minimum absolute atomic E-state index is 0.128. The number of thiocarbonyl (C=S) groups is 1. The molecule has 0 unspecified atom stereocenters. The molecule has 0 saturated heterocycles. The summed E-state index contributed by atoms with van der Waals surface area (Å²) in [6, 6.07) is 7.67. The number of esters is 2. The first-order valence-electron chi connectivity index (χ1n) is 10.6. The van der Waals surface area contributed by atoms with Crippen LogP contribution in [0.25, 0.3) is 5.57 Å². The number of carbonyl (C=O) groups excluding carboxylic acids is 3. The molecule has 10 heteroatoms. The number of thioether (sulfide) groups is 2. The van der Waals surface area contributed by atoms with Gasteiger partial charge >= 0.3 is 11.9 Å². The number of hydrogen-bond donors (Lipinski definition) is 0. The van der Waals surface area contributed by atoms with E-state index in [2.05, 4.69) is 0 Å². The van der Waals surface area contributed by atoms with Crippen molar-refractivity contribution in [2.75, 3.05) is 19.1 Å². The van der Waals surface area contributed by atoms with Gasteiger partial charge in [-0.2, -0.15) is 0 Å². The number of rotatable bonds is 3. The molecular weight excluding hydrogens is 523 g/mol. The molecule has 0 N–H and O–H groups in total. The SMILES string of the molecule is COC(=O)C1=C(C(=O)OC)SC(=C2C(=S)C(C)(C)N(C(=O)c3cccs3)c3cc(C)c(C)cc32)S1. The summed E-state index contributed by atoms with van der Waals surface area (Å²) < 4.78 is 10.5. The topological polar surface area (TPSA) is 72.9 Å². The van der Waals surface area contributed by atoms with Crippen molar-refractivity contribution in [2.24, 2.45) is 0 Å². The highest BCUT2D eigenvalue weighted by Crippen LogP contribution is 2.56. The minimum Gasteiger partial charge on any atom is -0.465 e. The van der Waals surface area contributed by atoms with E-state index in [0.29, 0.717) is 14.0 Å². The molecule has 2 aliphatic rings. The van der Waals surface area contributed by atoms with Gasteiger partial charge in [-0.25, -0.2) is 9.59 Å². The molecule has 182 valence electrons. The normalized spacial score (nSPS) is 17.0. The summed E-state index contributed by atoms with van der Waals surface area (Å²) in [5, 5.41) is 1.87. The van der Waals surface area contributed by atoms with Crippen molar-refractivity contribution in [3.05, 3.63) is 65.3 Å². The first-order chi connectivity index (χ1) is 16.5. The zero-order chi connectivity index (χ0) is 25.7. The van der Waals surface area contributed by atoms with E-state index in [1.54, 1.807) is 11.0 Å². The van der Waals surface area contributed by atoms with Crippen LogP contribution in [-0.4, -0.2) is 42.5 Å². The van der Waals surface area contributed by atoms with E-state index < -0.39 is 17.5 Å². The zero-order valence-electron chi connectivity index (χ0n) is 20.0. The predicted octanol–water partition coefficient (Wildman–Crippen LogP) is 5.88. The number of nitrogens with zero attached hydrogens (tertiary/aromatic N) is 1. The van der Waals surface area contributed by atoms with Crippen LogP contribution in [0.3, 0.4) is 0 Å². The minimum atomic E-state index is -0.853. The number of carbonyl (C=O) groups is 3. The second-order valence-corrected chi connectivity index (χ2v) is 12.1. The van der Waals surface area contributed by atoms with Crippen molar-refractivity contribution in [3.8, 4) is 0 Å². The second kappa shape index (κ2) is 9.57. The average Bonchev–Trinajstić information content (AvgIpc) is 3.51. The Kier molecular flexibility index (Phi) is 7.02. The maximum Gasteiger partial charge on any atom is 0.346 e. The Hall–Kier alpha value is -2.40. The summed E-state index contributed by atoms with van der Waals surface area (Å²) in [5.41, 5.74) is 3.47. The van der Waals surface area contributed by atoms with Gasteiger partial charge in [-0.15, -0.1) is 11.3 Å². The summed E-state index contributed by atoms with van der Waals surface area (Å²) in [7, 11) is 2.54. The van der Waals surface area contributed by atoms with Crippen LogP contribution in [0.2, 0.25) is 0 Å². The summed E-state index contributed by atoms with van der Waals surface area (Å²) in [4.78, 5) is 41.9. The Morgan fingerprint density at radius 2 is 1.54 bits per heavy atom. The average molecular weight is 546 g/mol. The van der Waals surface area contributed by atoms with Crippen molar-refractivity contribution in [1.82, 2.24) is 0 Å². The number of ether oxygens (including phenoxy) is 2. The molecule has 1 aromatic carbocycles. The van der Waals surface area contributed by atoms with Gasteiger partial charge in [-0.05, 0) is 62.4 Å². The van der Waals surface area contributed by atoms with E-state index in [4.69, 9.17) is 21.7 Å². The van der Waals surface area contributed by atoms with Gasteiger partial charge < -0.3 is 9.47 Å². The third-order valence-electron chi connectivity index (χ3n) is 5.94. The lowest BCUT2D eigenvalue weighted by Gasteiger charge is -2.45. The first-order valence-corrected chi connectivity index (χ1v) is 13.5. The summed E-state index contributed by atoms with van der Waals surface area (Å²) in [5.74, 6) is -1.36. The van der Waals surface area contributed by atoms with Gasteiger partial charge in [-0.3, -0.25) is 9.69 Å². The van der Waals surface area contributed by atoms with Crippen molar-refractivity contribution >= 4 is 81.0 Å². The van der Waals surface area contributed by atoms with Crippen LogP contribution in [0.1, 0.15) is 40.2 Å². The number of hydrogen-bond acceptors (Lipinski definition) is 9. The van der Waals surface area contributed by atoms with Crippen LogP contribution in [0, 0.1) is 13.8 Å². The molecule has 0 aliphatic carbocycles. The van der Waals surface area contributed by atoms with Crippen molar-refractivity contribution in [3.63, 3.8) is 0 Å². The molecule has 0 fully saturated rings. The van der Waals surface area contributed by atoms with Crippen LogP contribution >= 0.6 is 47.1 Å². The van der Waals surface area contributed by atoms with Crippen LogP contribution in [0.5, 0.6) is 0 Å². The quantitative estimate of drug-likeness (QED) is 0.269. The predicted molar refractivity (Wildman–Crippen MR) is 147 cm³/mol. The van der Waals surface area contributed by atoms with Gasteiger partial charge in [0.05, 0.1) is 39.4 Å². The van der Waals surface area contributed by atoms with Crippen LogP contribution in [-0.2, 0) is 19.1 Å². The molecule has 3 heterocycles. The second-order valence-electron chi connectivity index (χ2n) is 8.47. The van der Waals surface area contributed by atoms with Gasteiger partial charge in [0.1, 0.15) is 9.81 Å². The highest BCUT2D eigenvalue weighted by Gasteiger charge is 2.46. The highest BCUT2D eigenvalue weighted by molar-refractivity contribution is 8.29. The van der Waals surface area contributed by atoms with Gasteiger partial charge in [0.2, 0.25) is 0 Å². The molecule has 35 heavy (non-hydrogen) atoms. The molecule has 1 amide bonds. The molecule has 4 rings (SSSR count). The molecular formula is C25H23NO5S4. The third-order valence-corrected chi connectivity index (χ3v) is 10.1. The van der Waals surface area contributed by atoms with E-state index in [1.165, 1.54) is 25.6 Å². The molecule has 1 aromatic heterocycles. The van der Waals surface area contributed by atoms with Gasteiger partial charge in [0, 0.05) is 11.1 Å². The summed E-state index contributed by atoms with van der Waals surface area (Å²) in [6.07, 6.45) is 0. The number of fused-ring (bicyclic) bond motifs is 1. The first kappa shape index (κ1) is 25.7. The van der Waals surface area contributed by atoms with E-state index in [-0.39, 0.29) is 15.7 Å². The Morgan fingerprint density at radius 1 is 0.971 bits per heavy atom. The van der Waals surface area contributed by atoms with E-state index in [0.717, 1.165) is 51.5 Å². The maximum atomic E-state index is 13.7. The fourth-order valence-electron chi connectivity index (χ4n) is 3.95. The van der Waals surface area contributed by atoms with Crippen molar-refractivity contribution in [1.29, 1.82) is 0 Å². The molecule has 0 radical (unpaired) electrons. The standard InChI is InChI=1S/C25H23NO5S4/c1-12-10-14-15(11-13(12)2)26(21(27)16-8-7-9-33-16)25(3,4)20(32)17(14)24-34-18(22(28)30-5)19(35-24)23(29)31-6/h7-11H,1-6H3. The number of benzene rings is 1. The van der Waals surface area contributed by atoms with Crippen molar-refractivity contribution in [2.45, 2.75) is 33.2 Å². The number of methoxy groups -OCH3 is 2. The largest absolute Gasteiger partial charge is 0.465 e. The molecule has 0 bridgehead atoms.